The standard InChI is InChI=1S/C13H19ClN2O/c1-10-2-3-12(11(14)8-10)16-9-13(17)4-6-15-7-5-13/h2-3,8,15-17H,4-7,9H2,1H3. The summed E-state index contributed by atoms with van der Waals surface area (Å²) >= 11 is 6.14. The summed E-state index contributed by atoms with van der Waals surface area (Å²) < 4.78 is 0. The fourth-order valence-corrected chi connectivity index (χ4v) is 2.39. The smallest absolute Gasteiger partial charge is 0.0843 e. The second-order valence-corrected chi connectivity index (χ2v) is 5.22. The molecule has 1 aromatic rings. The van der Waals surface area contributed by atoms with Gasteiger partial charge in [0, 0.05) is 6.54 Å². The zero-order valence-corrected chi connectivity index (χ0v) is 10.8. The number of benzene rings is 1. The van der Waals surface area contributed by atoms with Crippen molar-refractivity contribution in [1.82, 2.24) is 5.32 Å². The predicted octanol–water partition coefficient (Wildman–Crippen LogP) is 2.17. The predicted molar refractivity (Wildman–Crippen MR) is 71.7 cm³/mol. The lowest BCUT2D eigenvalue weighted by Gasteiger charge is -2.33. The molecule has 0 aromatic heterocycles. The minimum atomic E-state index is -0.612. The number of aryl methyl sites for hydroxylation is 1. The van der Waals surface area contributed by atoms with Crippen molar-refractivity contribution in [3.63, 3.8) is 0 Å². The zero-order valence-electron chi connectivity index (χ0n) is 10.1. The summed E-state index contributed by atoms with van der Waals surface area (Å²) in [6.45, 7) is 4.31. The van der Waals surface area contributed by atoms with Gasteiger partial charge in [0.15, 0.2) is 0 Å². The van der Waals surface area contributed by atoms with Crippen molar-refractivity contribution >= 4 is 17.3 Å². The molecule has 3 nitrogen and oxygen atoms in total. The fourth-order valence-electron chi connectivity index (χ4n) is 2.09. The molecular weight excluding hydrogens is 236 g/mol. The topological polar surface area (TPSA) is 44.3 Å². The Bertz CT molecular complexity index is 389. The summed E-state index contributed by atoms with van der Waals surface area (Å²) in [6.07, 6.45) is 1.56. The van der Waals surface area contributed by atoms with Gasteiger partial charge in [0.2, 0.25) is 0 Å². The van der Waals surface area contributed by atoms with Crippen LogP contribution in [0.1, 0.15) is 18.4 Å². The largest absolute Gasteiger partial charge is 0.388 e. The maximum Gasteiger partial charge on any atom is 0.0843 e. The molecule has 3 N–H and O–H groups in total. The molecule has 0 aliphatic carbocycles. The Morgan fingerprint density at radius 2 is 2.12 bits per heavy atom. The molecule has 1 heterocycles. The van der Waals surface area contributed by atoms with Gasteiger partial charge in [-0.1, -0.05) is 17.7 Å². The Morgan fingerprint density at radius 3 is 2.76 bits per heavy atom. The van der Waals surface area contributed by atoms with Gasteiger partial charge in [-0.2, -0.15) is 0 Å². The van der Waals surface area contributed by atoms with Crippen LogP contribution in [-0.4, -0.2) is 30.3 Å². The molecule has 17 heavy (non-hydrogen) atoms. The fraction of sp³-hybridized carbons (Fsp3) is 0.538. The van der Waals surface area contributed by atoms with E-state index in [1.807, 2.05) is 25.1 Å². The molecule has 0 bridgehead atoms. The van der Waals surface area contributed by atoms with Crippen molar-refractivity contribution < 1.29 is 5.11 Å². The Morgan fingerprint density at radius 1 is 1.41 bits per heavy atom. The lowest BCUT2D eigenvalue weighted by molar-refractivity contribution is 0.0232. The van der Waals surface area contributed by atoms with E-state index in [1.165, 1.54) is 0 Å². The van der Waals surface area contributed by atoms with Crippen LogP contribution in [0.3, 0.4) is 0 Å². The number of nitrogens with one attached hydrogen (secondary N) is 2. The van der Waals surface area contributed by atoms with Crippen LogP contribution in [-0.2, 0) is 0 Å². The number of anilines is 1. The molecule has 4 heteroatoms. The van der Waals surface area contributed by atoms with E-state index in [0.717, 1.165) is 37.2 Å². The van der Waals surface area contributed by atoms with Crippen LogP contribution in [0.15, 0.2) is 18.2 Å². The van der Waals surface area contributed by atoms with Gasteiger partial charge >= 0.3 is 0 Å². The van der Waals surface area contributed by atoms with E-state index < -0.39 is 5.60 Å². The third-order valence-corrected chi connectivity index (χ3v) is 3.58. The van der Waals surface area contributed by atoms with E-state index in [0.29, 0.717) is 11.6 Å². The van der Waals surface area contributed by atoms with Crippen molar-refractivity contribution in [3.05, 3.63) is 28.8 Å². The highest BCUT2D eigenvalue weighted by atomic mass is 35.5. The summed E-state index contributed by atoms with van der Waals surface area (Å²) in [5.74, 6) is 0. The lowest BCUT2D eigenvalue weighted by Crippen LogP contribution is -2.46. The first-order valence-electron chi connectivity index (χ1n) is 6.02. The van der Waals surface area contributed by atoms with Crippen LogP contribution in [0.2, 0.25) is 5.02 Å². The van der Waals surface area contributed by atoms with E-state index in [2.05, 4.69) is 10.6 Å². The minimum Gasteiger partial charge on any atom is -0.388 e. The third kappa shape index (κ3) is 3.35. The second-order valence-electron chi connectivity index (χ2n) is 4.81. The van der Waals surface area contributed by atoms with Gasteiger partial charge in [-0.05, 0) is 50.6 Å². The maximum absolute atomic E-state index is 10.3. The first kappa shape index (κ1) is 12.7. The van der Waals surface area contributed by atoms with Crippen LogP contribution < -0.4 is 10.6 Å². The number of halogens is 1. The third-order valence-electron chi connectivity index (χ3n) is 3.27. The van der Waals surface area contributed by atoms with E-state index in [-0.39, 0.29) is 0 Å². The van der Waals surface area contributed by atoms with E-state index >= 15 is 0 Å². The summed E-state index contributed by atoms with van der Waals surface area (Å²) in [5.41, 5.74) is 1.42. The van der Waals surface area contributed by atoms with Crippen LogP contribution >= 0.6 is 11.6 Å². The average molecular weight is 255 g/mol. The first-order chi connectivity index (χ1) is 8.09. The average Bonchev–Trinajstić information content (AvgIpc) is 2.29. The van der Waals surface area contributed by atoms with Gasteiger partial charge in [0.05, 0.1) is 16.3 Å². The summed E-state index contributed by atoms with van der Waals surface area (Å²) in [6, 6.07) is 5.90. The van der Waals surface area contributed by atoms with Gasteiger partial charge in [0.1, 0.15) is 0 Å². The highest BCUT2D eigenvalue weighted by Crippen LogP contribution is 2.25. The maximum atomic E-state index is 10.3. The molecule has 0 unspecified atom stereocenters. The molecule has 0 spiro atoms. The Labute approximate surface area is 107 Å². The molecule has 2 rings (SSSR count). The van der Waals surface area contributed by atoms with E-state index in [9.17, 15) is 5.11 Å². The number of aliphatic hydroxyl groups is 1. The van der Waals surface area contributed by atoms with Crippen LogP contribution in [0.4, 0.5) is 5.69 Å². The number of rotatable bonds is 3. The van der Waals surface area contributed by atoms with Crippen molar-refractivity contribution in [2.24, 2.45) is 0 Å². The Hall–Kier alpha value is -0.770. The number of hydrogen-bond acceptors (Lipinski definition) is 3. The van der Waals surface area contributed by atoms with E-state index in [4.69, 9.17) is 11.6 Å². The van der Waals surface area contributed by atoms with Crippen molar-refractivity contribution in [3.8, 4) is 0 Å². The molecule has 0 amide bonds. The molecular formula is C13H19ClN2O. The summed E-state index contributed by atoms with van der Waals surface area (Å²) in [7, 11) is 0. The highest BCUT2D eigenvalue weighted by molar-refractivity contribution is 6.33. The van der Waals surface area contributed by atoms with Crippen molar-refractivity contribution in [2.75, 3.05) is 25.0 Å². The van der Waals surface area contributed by atoms with Gasteiger partial charge in [-0.25, -0.2) is 0 Å². The number of piperidine rings is 1. The molecule has 0 radical (unpaired) electrons. The molecule has 0 saturated carbocycles. The van der Waals surface area contributed by atoms with Gasteiger partial charge in [-0.15, -0.1) is 0 Å². The first-order valence-corrected chi connectivity index (χ1v) is 6.40. The molecule has 1 aromatic carbocycles. The molecule has 1 fully saturated rings. The summed E-state index contributed by atoms with van der Waals surface area (Å²) in [5, 5.41) is 17.5. The lowest BCUT2D eigenvalue weighted by atomic mass is 9.92. The SMILES string of the molecule is Cc1ccc(NCC2(O)CCNCC2)c(Cl)c1. The molecule has 1 aliphatic heterocycles. The summed E-state index contributed by atoms with van der Waals surface area (Å²) in [4.78, 5) is 0. The monoisotopic (exact) mass is 254 g/mol. The van der Waals surface area contributed by atoms with Crippen LogP contribution in [0, 0.1) is 6.92 Å². The Balaban J connectivity index is 1.97. The van der Waals surface area contributed by atoms with Gasteiger partial charge in [-0.3, -0.25) is 0 Å². The number of hydrogen-bond donors (Lipinski definition) is 3. The van der Waals surface area contributed by atoms with Gasteiger partial charge < -0.3 is 15.7 Å². The highest BCUT2D eigenvalue weighted by Gasteiger charge is 2.28. The zero-order chi connectivity index (χ0) is 12.3. The second kappa shape index (κ2) is 5.25. The van der Waals surface area contributed by atoms with Crippen molar-refractivity contribution in [2.45, 2.75) is 25.4 Å². The molecule has 1 aliphatic rings. The molecule has 0 atom stereocenters. The normalized spacial score (nSPS) is 19.0. The van der Waals surface area contributed by atoms with Gasteiger partial charge in [0.25, 0.3) is 0 Å². The molecule has 94 valence electrons. The quantitative estimate of drug-likeness (QED) is 0.775. The molecule has 1 saturated heterocycles. The van der Waals surface area contributed by atoms with Crippen molar-refractivity contribution in [1.29, 1.82) is 0 Å². The van der Waals surface area contributed by atoms with Crippen LogP contribution in [0.5, 0.6) is 0 Å². The minimum absolute atomic E-state index is 0.553. The van der Waals surface area contributed by atoms with Crippen LogP contribution in [0.25, 0.3) is 0 Å². The van der Waals surface area contributed by atoms with E-state index in [1.54, 1.807) is 0 Å². The Kier molecular flexibility index (Phi) is 3.92.